The van der Waals surface area contributed by atoms with Gasteiger partial charge < -0.3 is 16.4 Å². The van der Waals surface area contributed by atoms with E-state index in [0.29, 0.717) is 17.4 Å². The number of carbonyl (C=O) groups is 1. The number of anilines is 3. The summed E-state index contributed by atoms with van der Waals surface area (Å²) in [5.41, 5.74) is 5.35. The fourth-order valence-electron chi connectivity index (χ4n) is 1.90. The highest BCUT2D eigenvalue weighted by Crippen LogP contribution is 2.33. The topological polar surface area (TPSA) is 92.9 Å². The normalized spacial score (nSPS) is 11.0. The molecular weight excluding hydrogens is 323 g/mol. The van der Waals surface area contributed by atoms with Crippen LogP contribution in [0.15, 0.2) is 43.1 Å². The third kappa shape index (κ3) is 4.22. The lowest BCUT2D eigenvalue weighted by Gasteiger charge is -2.15. The molecule has 0 atom stereocenters. The van der Waals surface area contributed by atoms with E-state index in [0.717, 1.165) is 6.08 Å². The average Bonchev–Trinajstić information content (AvgIpc) is 2.52. The van der Waals surface area contributed by atoms with Crippen molar-refractivity contribution < 1.29 is 18.0 Å². The fraction of sp³-hybridized carbons (Fsp3) is 0.133. The summed E-state index contributed by atoms with van der Waals surface area (Å²) in [6.45, 7) is 3.34. The Kier molecular flexibility index (Phi) is 5.02. The van der Waals surface area contributed by atoms with Crippen LogP contribution in [0.1, 0.15) is 11.1 Å². The van der Waals surface area contributed by atoms with E-state index < -0.39 is 23.5 Å². The molecule has 0 aliphatic heterocycles. The first-order valence-electron chi connectivity index (χ1n) is 6.76. The number of nitrogens with two attached hydrogens (primary N) is 1. The minimum atomic E-state index is -4.62. The molecule has 0 saturated carbocycles. The molecule has 2 rings (SSSR count). The van der Waals surface area contributed by atoms with Gasteiger partial charge in [0.1, 0.15) is 11.4 Å². The summed E-state index contributed by atoms with van der Waals surface area (Å²) in [5, 5.41) is 5.16. The van der Waals surface area contributed by atoms with E-state index in [4.69, 9.17) is 5.73 Å². The first-order valence-corrected chi connectivity index (χ1v) is 6.76. The van der Waals surface area contributed by atoms with Crippen LogP contribution >= 0.6 is 0 Å². The molecule has 0 bridgehead atoms. The second kappa shape index (κ2) is 6.99. The second-order valence-corrected chi connectivity index (χ2v) is 4.69. The van der Waals surface area contributed by atoms with E-state index in [2.05, 4.69) is 27.2 Å². The number of amides is 1. The zero-order valence-corrected chi connectivity index (χ0v) is 12.4. The molecule has 0 spiro atoms. The van der Waals surface area contributed by atoms with Gasteiger partial charge in [-0.25, -0.2) is 4.98 Å². The van der Waals surface area contributed by atoms with Crippen molar-refractivity contribution in [3.05, 3.63) is 54.2 Å². The van der Waals surface area contributed by atoms with Crippen molar-refractivity contribution in [3.63, 3.8) is 0 Å². The van der Waals surface area contributed by atoms with Crippen molar-refractivity contribution in [2.45, 2.75) is 12.7 Å². The number of nitrogen functional groups attached to an aromatic ring is 1. The van der Waals surface area contributed by atoms with Crippen molar-refractivity contribution in [2.24, 2.45) is 0 Å². The molecule has 1 heterocycles. The molecule has 126 valence electrons. The molecule has 4 N–H and O–H groups in total. The second-order valence-electron chi connectivity index (χ2n) is 4.69. The van der Waals surface area contributed by atoms with E-state index in [1.807, 2.05) is 0 Å². The lowest BCUT2D eigenvalue weighted by molar-refractivity contribution is -0.137. The van der Waals surface area contributed by atoms with E-state index >= 15 is 0 Å². The molecule has 9 heteroatoms. The number of benzene rings is 1. The van der Waals surface area contributed by atoms with Crippen LogP contribution in [0.4, 0.5) is 30.6 Å². The Hall–Kier alpha value is -3.10. The van der Waals surface area contributed by atoms with Crippen LogP contribution in [0.2, 0.25) is 0 Å². The number of hydrogen-bond acceptors (Lipinski definition) is 5. The molecular formula is C15H14F3N5O. The van der Waals surface area contributed by atoms with Gasteiger partial charge in [-0.3, -0.25) is 4.79 Å². The summed E-state index contributed by atoms with van der Waals surface area (Å²) in [4.78, 5) is 18.4. The molecule has 1 aromatic heterocycles. The summed E-state index contributed by atoms with van der Waals surface area (Å²) in [5.74, 6) is -1.14. The number of alkyl halides is 3. The lowest BCUT2D eigenvalue weighted by atomic mass is 10.1. The number of nitrogens with zero attached hydrogens (tertiary/aromatic N) is 2. The summed E-state index contributed by atoms with van der Waals surface area (Å²) < 4.78 is 38.9. The number of aromatic nitrogens is 2. The largest absolute Gasteiger partial charge is 0.421 e. The highest BCUT2D eigenvalue weighted by atomic mass is 19.4. The first-order chi connectivity index (χ1) is 11.3. The number of nitrogens with one attached hydrogen (secondary N) is 2. The summed E-state index contributed by atoms with van der Waals surface area (Å²) in [7, 11) is 0. The quantitative estimate of drug-likeness (QED) is 0.730. The summed E-state index contributed by atoms with van der Waals surface area (Å²) in [6, 6.07) is 6.66. The number of carbonyl (C=O) groups excluding carboxylic acids is 1. The van der Waals surface area contributed by atoms with Gasteiger partial charge in [0, 0.05) is 18.4 Å². The highest BCUT2D eigenvalue weighted by molar-refractivity contribution is 5.99. The van der Waals surface area contributed by atoms with Gasteiger partial charge in [-0.05, 0) is 17.7 Å². The number of rotatable bonds is 5. The van der Waals surface area contributed by atoms with Crippen molar-refractivity contribution >= 4 is 23.4 Å². The highest BCUT2D eigenvalue weighted by Gasteiger charge is 2.35. The number of hydrogen-bond donors (Lipinski definition) is 3. The Morgan fingerprint density at radius 2 is 2.04 bits per heavy atom. The number of para-hydroxylation sites is 1. The van der Waals surface area contributed by atoms with E-state index in [1.54, 1.807) is 24.3 Å². The zero-order chi connectivity index (χ0) is 17.7. The molecule has 0 fully saturated rings. The summed E-state index contributed by atoms with van der Waals surface area (Å²) in [6.07, 6.45) is -2.90. The number of halogens is 3. The minimum absolute atomic E-state index is 0.00682. The van der Waals surface area contributed by atoms with Crippen LogP contribution in [0, 0.1) is 0 Å². The Bertz CT molecular complexity index is 761. The van der Waals surface area contributed by atoms with E-state index in [9.17, 15) is 18.0 Å². The molecule has 1 amide bonds. The predicted molar refractivity (Wildman–Crippen MR) is 84.0 cm³/mol. The monoisotopic (exact) mass is 337 g/mol. The first kappa shape index (κ1) is 17.3. The Labute approximate surface area is 135 Å². The van der Waals surface area contributed by atoms with Crippen LogP contribution < -0.4 is 16.4 Å². The van der Waals surface area contributed by atoms with Crippen LogP contribution in [0.5, 0.6) is 0 Å². The minimum Gasteiger partial charge on any atom is -0.368 e. The van der Waals surface area contributed by atoms with Gasteiger partial charge in [-0.15, -0.1) is 0 Å². The fourth-order valence-corrected chi connectivity index (χ4v) is 1.90. The van der Waals surface area contributed by atoms with Crippen molar-refractivity contribution in [2.75, 3.05) is 16.4 Å². The third-order valence-corrected chi connectivity index (χ3v) is 3.02. The Balaban J connectivity index is 2.25. The van der Waals surface area contributed by atoms with Gasteiger partial charge >= 0.3 is 6.18 Å². The zero-order valence-electron chi connectivity index (χ0n) is 12.4. The smallest absolute Gasteiger partial charge is 0.368 e. The molecule has 0 saturated heterocycles. The van der Waals surface area contributed by atoms with Gasteiger partial charge in [0.25, 0.3) is 0 Å². The van der Waals surface area contributed by atoms with Crippen molar-refractivity contribution in [1.29, 1.82) is 0 Å². The van der Waals surface area contributed by atoms with Gasteiger partial charge in [0.15, 0.2) is 0 Å². The molecule has 24 heavy (non-hydrogen) atoms. The average molecular weight is 337 g/mol. The molecule has 0 aliphatic carbocycles. The maximum Gasteiger partial charge on any atom is 0.421 e. The molecule has 2 aromatic rings. The van der Waals surface area contributed by atoms with Crippen LogP contribution in [-0.2, 0) is 17.5 Å². The molecule has 0 aliphatic rings. The third-order valence-electron chi connectivity index (χ3n) is 3.02. The standard InChI is InChI=1S/C15H14F3N5O/c1-2-12(24)22-11-6-4-3-5-9(11)7-20-13-10(15(16,17)18)8-21-14(19)23-13/h2-6,8H,1,7H2,(H,22,24)(H3,19,20,21,23). The molecule has 0 radical (unpaired) electrons. The summed E-state index contributed by atoms with van der Waals surface area (Å²) >= 11 is 0. The Morgan fingerprint density at radius 3 is 2.71 bits per heavy atom. The SMILES string of the molecule is C=CC(=O)Nc1ccccc1CNc1nc(N)ncc1C(F)(F)F. The molecule has 0 unspecified atom stereocenters. The van der Waals surface area contributed by atoms with Gasteiger partial charge in [0.05, 0.1) is 0 Å². The van der Waals surface area contributed by atoms with Gasteiger partial charge in [-0.1, -0.05) is 24.8 Å². The van der Waals surface area contributed by atoms with Crippen LogP contribution in [-0.4, -0.2) is 15.9 Å². The molecule has 1 aromatic carbocycles. The maximum atomic E-state index is 13.0. The maximum absolute atomic E-state index is 13.0. The lowest BCUT2D eigenvalue weighted by Crippen LogP contribution is -2.15. The Morgan fingerprint density at radius 1 is 1.33 bits per heavy atom. The van der Waals surface area contributed by atoms with E-state index in [-0.39, 0.29) is 12.5 Å². The van der Waals surface area contributed by atoms with Crippen molar-refractivity contribution in [1.82, 2.24) is 9.97 Å². The predicted octanol–water partition coefficient (Wildman–Crippen LogP) is 2.81. The van der Waals surface area contributed by atoms with Crippen LogP contribution in [0.25, 0.3) is 0 Å². The van der Waals surface area contributed by atoms with Gasteiger partial charge in [-0.2, -0.15) is 18.2 Å². The van der Waals surface area contributed by atoms with Gasteiger partial charge in [0.2, 0.25) is 11.9 Å². The van der Waals surface area contributed by atoms with Crippen molar-refractivity contribution in [3.8, 4) is 0 Å². The molecule has 6 nitrogen and oxygen atoms in total. The van der Waals surface area contributed by atoms with Crippen LogP contribution in [0.3, 0.4) is 0 Å². The van der Waals surface area contributed by atoms with E-state index in [1.165, 1.54) is 0 Å².